The number of amides is 1. The van der Waals surface area contributed by atoms with Gasteiger partial charge in [0.15, 0.2) is 9.84 Å². The Balaban J connectivity index is 2.34. The van der Waals surface area contributed by atoms with Gasteiger partial charge < -0.3 is 15.1 Å². The molecule has 21 heavy (non-hydrogen) atoms. The minimum absolute atomic E-state index is 0.0139. The summed E-state index contributed by atoms with van der Waals surface area (Å²) < 4.78 is 23.0. The van der Waals surface area contributed by atoms with Crippen LogP contribution in [0.4, 0.5) is 0 Å². The van der Waals surface area contributed by atoms with E-state index in [4.69, 9.17) is 5.11 Å². The molecule has 0 unspecified atom stereocenters. The fraction of sp³-hybridized carbons (Fsp3) is 0.385. The highest BCUT2D eigenvalue weighted by atomic mass is 32.2. The lowest BCUT2D eigenvalue weighted by molar-refractivity contribution is -0.141. The number of carbonyl (C=O) groups excluding carboxylic acids is 1. The van der Waals surface area contributed by atoms with Crippen LogP contribution in [0.15, 0.2) is 29.2 Å². The number of aliphatic carboxylic acids is 1. The average Bonchev–Trinajstić information content (AvgIpc) is 2.79. The van der Waals surface area contributed by atoms with Crippen LogP contribution in [0, 0.1) is 0 Å². The first-order chi connectivity index (χ1) is 9.70. The smallest absolute Gasteiger partial charge is 0.326 e. The largest absolute Gasteiger partial charge is 0.480 e. The Kier molecular flexibility index (Phi) is 4.02. The summed E-state index contributed by atoms with van der Waals surface area (Å²) >= 11 is 0. The van der Waals surface area contributed by atoms with Gasteiger partial charge in [0.2, 0.25) is 0 Å². The van der Waals surface area contributed by atoms with E-state index in [9.17, 15) is 23.1 Å². The van der Waals surface area contributed by atoms with Crippen LogP contribution < -0.4 is 0 Å². The number of aliphatic hydroxyl groups excluding tert-OH is 1. The first kappa shape index (κ1) is 15.5. The van der Waals surface area contributed by atoms with Crippen LogP contribution >= 0.6 is 0 Å². The molecule has 0 spiro atoms. The van der Waals surface area contributed by atoms with Gasteiger partial charge in [0.25, 0.3) is 5.91 Å². The number of carboxylic acid groups (broad SMARTS) is 1. The molecule has 2 atom stereocenters. The van der Waals surface area contributed by atoms with Crippen molar-refractivity contribution in [2.45, 2.75) is 23.5 Å². The lowest BCUT2D eigenvalue weighted by Crippen LogP contribution is -2.40. The number of hydrogen-bond acceptors (Lipinski definition) is 5. The van der Waals surface area contributed by atoms with Crippen molar-refractivity contribution < 1.29 is 28.2 Å². The van der Waals surface area contributed by atoms with E-state index in [1.165, 1.54) is 24.3 Å². The normalized spacial score (nSPS) is 22.3. The van der Waals surface area contributed by atoms with Crippen molar-refractivity contribution in [2.24, 2.45) is 0 Å². The molecule has 2 rings (SSSR count). The number of carboxylic acids is 1. The van der Waals surface area contributed by atoms with Crippen molar-refractivity contribution in [3.63, 3.8) is 0 Å². The fourth-order valence-electron chi connectivity index (χ4n) is 2.30. The van der Waals surface area contributed by atoms with E-state index in [0.29, 0.717) is 0 Å². The lowest BCUT2D eigenvalue weighted by Gasteiger charge is -2.21. The maximum absolute atomic E-state index is 12.3. The zero-order valence-corrected chi connectivity index (χ0v) is 12.1. The molecule has 0 radical (unpaired) electrons. The summed E-state index contributed by atoms with van der Waals surface area (Å²) in [5.41, 5.74) is 0.0817. The molecule has 8 heteroatoms. The van der Waals surface area contributed by atoms with Gasteiger partial charge in [-0.15, -0.1) is 0 Å². The van der Waals surface area contributed by atoms with Gasteiger partial charge in [-0.25, -0.2) is 13.2 Å². The number of β-amino-alcohol motifs (C(OH)–C–C–N with tert-alkyl or cyclic N) is 1. The van der Waals surface area contributed by atoms with E-state index >= 15 is 0 Å². The van der Waals surface area contributed by atoms with Crippen LogP contribution in [-0.4, -0.2) is 60.4 Å². The third kappa shape index (κ3) is 3.22. The molecule has 2 N–H and O–H groups in total. The van der Waals surface area contributed by atoms with Gasteiger partial charge in [-0.3, -0.25) is 4.79 Å². The Bertz CT molecular complexity index is 684. The topological polar surface area (TPSA) is 112 Å². The van der Waals surface area contributed by atoms with Gasteiger partial charge in [-0.05, 0) is 18.2 Å². The lowest BCUT2D eigenvalue weighted by atomic mass is 10.1. The maximum atomic E-state index is 12.3. The maximum Gasteiger partial charge on any atom is 0.326 e. The fourth-order valence-corrected chi connectivity index (χ4v) is 2.96. The number of benzene rings is 1. The molecule has 7 nitrogen and oxygen atoms in total. The molecule has 1 saturated heterocycles. The van der Waals surface area contributed by atoms with Gasteiger partial charge in [-0.1, -0.05) is 6.07 Å². The van der Waals surface area contributed by atoms with Crippen molar-refractivity contribution in [3.05, 3.63) is 29.8 Å². The molecule has 1 aliphatic rings. The highest BCUT2D eigenvalue weighted by Crippen LogP contribution is 2.22. The van der Waals surface area contributed by atoms with E-state index in [1.54, 1.807) is 0 Å². The Morgan fingerprint density at radius 2 is 2.00 bits per heavy atom. The Morgan fingerprint density at radius 3 is 2.57 bits per heavy atom. The molecule has 1 aliphatic heterocycles. The van der Waals surface area contributed by atoms with Crippen molar-refractivity contribution in [1.82, 2.24) is 4.90 Å². The van der Waals surface area contributed by atoms with Crippen LogP contribution in [0.5, 0.6) is 0 Å². The SMILES string of the molecule is CS(=O)(=O)c1cccc(C(=O)N2C[C@@H](O)C[C@H]2C(=O)O)c1. The molecule has 1 amide bonds. The molecule has 1 fully saturated rings. The predicted molar refractivity (Wildman–Crippen MR) is 72.6 cm³/mol. The van der Waals surface area contributed by atoms with Crippen LogP contribution in [-0.2, 0) is 14.6 Å². The number of rotatable bonds is 3. The summed E-state index contributed by atoms with van der Waals surface area (Å²) in [4.78, 5) is 24.5. The predicted octanol–water partition coefficient (Wildman–Crippen LogP) is -0.250. The highest BCUT2D eigenvalue weighted by molar-refractivity contribution is 7.90. The van der Waals surface area contributed by atoms with Crippen LogP contribution in [0.1, 0.15) is 16.8 Å². The Labute approximate surface area is 121 Å². The standard InChI is InChI=1S/C13H15NO6S/c1-21(19,20)10-4-2-3-8(5-10)12(16)14-7-9(15)6-11(14)13(17)18/h2-5,9,11,15H,6-7H2,1H3,(H,17,18)/t9-,11-/m0/s1. The third-order valence-corrected chi connectivity index (χ3v) is 4.44. The number of aliphatic hydroxyl groups is 1. The van der Waals surface area contributed by atoms with E-state index < -0.39 is 33.9 Å². The second kappa shape index (κ2) is 5.45. The first-order valence-corrected chi connectivity index (χ1v) is 8.11. The average molecular weight is 313 g/mol. The van der Waals surface area contributed by atoms with E-state index in [1.807, 2.05) is 0 Å². The second-order valence-electron chi connectivity index (χ2n) is 5.00. The minimum Gasteiger partial charge on any atom is -0.480 e. The minimum atomic E-state index is -3.46. The molecular weight excluding hydrogens is 298 g/mol. The number of nitrogens with zero attached hydrogens (tertiary/aromatic N) is 1. The second-order valence-corrected chi connectivity index (χ2v) is 7.02. The van der Waals surface area contributed by atoms with Gasteiger partial charge in [0.1, 0.15) is 6.04 Å². The van der Waals surface area contributed by atoms with Crippen LogP contribution in [0.25, 0.3) is 0 Å². The van der Waals surface area contributed by atoms with Gasteiger partial charge >= 0.3 is 5.97 Å². The molecule has 1 heterocycles. The Hall–Kier alpha value is -1.93. The van der Waals surface area contributed by atoms with Crippen LogP contribution in [0.2, 0.25) is 0 Å². The molecule has 1 aromatic carbocycles. The van der Waals surface area contributed by atoms with Crippen LogP contribution in [0.3, 0.4) is 0 Å². The highest BCUT2D eigenvalue weighted by Gasteiger charge is 2.39. The monoisotopic (exact) mass is 313 g/mol. The molecule has 114 valence electrons. The molecule has 0 bridgehead atoms. The molecular formula is C13H15NO6S. The van der Waals surface area contributed by atoms with E-state index in [2.05, 4.69) is 0 Å². The summed E-state index contributed by atoms with van der Waals surface area (Å²) in [6, 6.07) is 4.31. The molecule has 1 aromatic rings. The van der Waals surface area contributed by atoms with Crippen molar-refractivity contribution in [3.8, 4) is 0 Å². The van der Waals surface area contributed by atoms with Gasteiger partial charge in [0, 0.05) is 24.8 Å². The van der Waals surface area contributed by atoms with Crippen molar-refractivity contribution in [2.75, 3.05) is 12.8 Å². The summed E-state index contributed by atoms with van der Waals surface area (Å²) in [6.45, 7) is -0.0844. The quantitative estimate of drug-likeness (QED) is 0.796. The van der Waals surface area contributed by atoms with Gasteiger partial charge in [0.05, 0.1) is 11.0 Å². The first-order valence-electron chi connectivity index (χ1n) is 6.22. The third-order valence-electron chi connectivity index (χ3n) is 3.33. The molecule has 0 aliphatic carbocycles. The number of carbonyl (C=O) groups is 2. The van der Waals surface area contributed by atoms with E-state index in [-0.39, 0.29) is 23.4 Å². The summed E-state index contributed by atoms with van der Waals surface area (Å²) in [5.74, 6) is -1.80. The summed E-state index contributed by atoms with van der Waals surface area (Å²) in [7, 11) is -3.46. The molecule has 0 saturated carbocycles. The number of sulfone groups is 1. The number of likely N-dealkylation sites (tertiary alicyclic amines) is 1. The number of hydrogen-bond donors (Lipinski definition) is 2. The molecule has 0 aromatic heterocycles. The van der Waals surface area contributed by atoms with Crippen molar-refractivity contribution in [1.29, 1.82) is 0 Å². The van der Waals surface area contributed by atoms with Crippen molar-refractivity contribution >= 4 is 21.7 Å². The zero-order valence-electron chi connectivity index (χ0n) is 11.3. The summed E-state index contributed by atoms with van der Waals surface area (Å²) in [5, 5.41) is 18.6. The summed E-state index contributed by atoms with van der Waals surface area (Å²) in [6.07, 6.45) is 0.0939. The Morgan fingerprint density at radius 1 is 1.33 bits per heavy atom. The van der Waals surface area contributed by atoms with Gasteiger partial charge in [-0.2, -0.15) is 0 Å². The zero-order chi connectivity index (χ0) is 15.8. The van der Waals surface area contributed by atoms with E-state index in [0.717, 1.165) is 11.2 Å².